The molecule has 1 aromatic carbocycles. The fraction of sp³-hybridized carbons (Fsp3) is 0.591. The highest BCUT2D eigenvalue weighted by atomic mass is 16.4. The lowest BCUT2D eigenvalue weighted by atomic mass is 9.96. The Kier molecular flexibility index (Phi) is 6.11. The third-order valence-electron chi connectivity index (χ3n) is 6.35. The molecule has 1 atom stereocenters. The molecule has 2 aliphatic rings. The van der Waals surface area contributed by atoms with Crippen molar-refractivity contribution < 1.29 is 14.0 Å². The van der Waals surface area contributed by atoms with Gasteiger partial charge in [0.2, 0.25) is 5.91 Å². The normalized spacial score (nSPS) is 19.6. The number of carbonyl (C=O) groups excluding carboxylic acids is 2. The van der Waals surface area contributed by atoms with E-state index >= 15 is 0 Å². The highest BCUT2D eigenvalue weighted by Crippen LogP contribution is 2.21. The molecule has 30 heavy (non-hydrogen) atoms. The summed E-state index contributed by atoms with van der Waals surface area (Å²) in [6, 6.07) is 6.72. The second kappa shape index (κ2) is 8.93. The number of hydrogen-bond donors (Lipinski definition) is 2. The van der Waals surface area contributed by atoms with Crippen molar-refractivity contribution in [2.45, 2.75) is 70.0 Å². The average molecular weight is 415 g/mol. The Bertz CT molecular complexity index is 951. The summed E-state index contributed by atoms with van der Waals surface area (Å²) in [7, 11) is 0. The first-order chi connectivity index (χ1) is 14.5. The maximum absolute atomic E-state index is 13.0. The van der Waals surface area contributed by atoms with Crippen LogP contribution in [0, 0.1) is 0 Å². The van der Waals surface area contributed by atoms with Crippen molar-refractivity contribution in [2.24, 2.45) is 0 Å². The number of para-hydroxylation sites is 2. The zero-order chi connectivity index (χ0) is 21.1. The number of amides is 3. The van der Waals surface area contributed by atoms with E-state index in [0.29, 0.717) is 37.0 Å². The predicted molar refractivity (Wildman–Crippen MR) is 113 cm³/mol. The van der Waals surface area contributed by atoms with Crippen LogP contribution in [0.2, 0.25) is 0 Å². The number of aromatic nitrogens is 1. The van der Waals surface area contributed by atoms with Gasteiger partial charge in [0.15, 0.2) is 5.58 Å². The summed E-state index contributed by atoms with van der Waals surface area (Å²) < 4.78 is 6.68. The van der Waals surface area contributed by atoms with Crippen molar-refractivity contribution in [1.29, 1.82) is 0 Å². The number of urea groups is 1. The monoisotopic (exact) mass is 414 g/mol. The van der Waals surface area contributed by atoms with Gasteiger partial charge in [0, 0.05) is 25.2 Å². The van der Waals surface area contributed by atoms with Gasteiger partial charge >= 0.3 is 11.8 Å². The maximum atomic E-state index is 13.0. The Morgan fingerprint density at radius 2 is 1.63 bits per heavy atom. The van der Waals surface area contributed by atoms with E-state index in [1.165, 1.54) is 23.8 Å². The number of hydrogen-bond acceptors (Lipinski definition) is 4. The van der Waals surface area contributed by atoms with Crippen molar-refractivity contribution in [3.63, 3.8) is 0 Å². The second-order valence-corrected chi connectivity index (χ2v) is 8.43. The minimum absolute atomic E-state index is 0.0606. The molecule has 0 radical (unpaired) electrons. The molecule has 8 heteroatoms. The van der Waals surface area contributed by atoms with E-state index < -0.39 is 11.8 Å². The molecule has 1 unspecified atom stereocenters. The van der Waals surface area contributed by atoms with Crippen LogP contribution in [-0.4, -0.2) is 46.6 Å². The van der Waals surface area contributed by atoms with Crippen LogP contribution in [0.25, 0.3) is 11.1 Å². The van der Waals surface area contributed by atoms with Gasteiger partial charge in [-0.3, -0.25) is 9.36 Å². The number of carbonyl (C=O) groups is 2. The lowest BCUT2D eigenvalue weighted by molar-refractivity contribution is -0.135. The Labute approximate surface area is 175 Å². The number of fused-ring (bicyclic) bond motifs is 1. The number of nitrogens with one attached hydrogen (secondary N) is 2. The number of oxazole rings is 1. The molecule has 2 fully saturated rings. The van der Waals surface area contributed by atoms with Gasteiger partial charge in [0.05, 0.1) is 5.52 Å². The van der Waals surface area contributed by atoms with Gasteiger partial charge in [0.25, 0.3) is 0 Å². The third kappa shape index (κ3) is 4.37. The van der Waals surface area contributed by atoms with Crippen molar-refractivity contribution in [1.82, 2.24) is 20.1 Å². The van der Waals surface area contributed by atoms with Gasteiger partial charge in [-0.25, -0.2) is 9.59 Å². The molecular formula is C22H30N4O4. The number of likely N-dealkylation sites (tertiary alicyclic amines) is 1. The molecule has 4 rings (SSSR count). The van der Waals surface area contributed by atoms with Crippen LogP contribution >= 0.6 is 0 Å². The van der Waals surface area contributed by atoms with Crippen molar-refractivity contribution in [2.75, 3.05) is 13.1 Å². The Balaban J connectivity index is 1.31. The van der Waals surface area contributed by atoms with E-state index in [-0.39, 0.29) is 24.0 Å². The van der Waals surface area contributed by atoms with E-state index in [1.54, 1.807) is 30.0 Å². The minimum Gasteiger partial charge on any atom is -0.408 e. The Morgan fingerprint density at radius 3 is 2.33 bits per heavy atom. The number of benzene rings is 1. The van der Waals surface area contributed by atoms with Crippen LogP contribution in [0.3, 0.4) is 0 Å². The van der Waals surface area contributed by atoms with Gasteiger partial charge in [0.1, 0.15) is 6.04 Å². The van der Waals surface area contributed by atoms with E-state index in [9.17, 15) is 14.4 Å². The number of nitrogens with zero attached hydrogens (tertiary/aromatic N) is 2. The fourth-order valence-corrected chi connectivity index (χ4v) is 4.63. The zero-order valence-electron chi connectivity index (χ0n) is 17.4. The molecule has 1 saturated carbocycles. The van der Waals surface area contributed by atoms with E-state index in [4.69, 9.17) is 4.42 Å². The number of rotatable bonds is 4. The van der Waals surface area contributed by atoms with E-state index in [0.717, 1.165) is 12.8 Å². The lowest BCUT2D eigenvalue weighted by Gasteiger charge is -2.34. The van der Waals surface area contributed by atoms with Crippen LogP contribution in [0.15, 0.2) is 33.5 Å². The lowest BCUT2D eigenvalue weighted by Crippen LogP contribution is -2.52. The Hall–Kier alpha value is -2.77. The van der Waals surface area contributed by atoms with Crippen LogP contribution in [-0.2, 0) is 4.79 Å². The largest absolute Gasteiger partial charge is 0.420 e. The molecule has 0 bridgehead atoms. The van der Waals surface area contributed by atoms with Crippen molar-refractivity contribution >= 4 is 23.0 Å². The maximum Gasteiger partial charge on any atom is 0.420 e. The fourth-order valence-electron chi connectivity index (χ4n) is 4.63. The molecule has 1 saturated heterocycles. The van der Waals surface area contributed by atoms with Crippen LogP contribution in [0.4, 0.5) is 4.79 Å². The molecule has 2 N–H and O–H groups in total. The van der Waals surface area contributed by atoms with E-state index in [2.05, 4.69) is 10.6 Å². The summed E-state index contributed by atoms with van der Waals surface area (Å²) in [6.07, 6.45) is 7.14. The standard InChI is InChI=1S/C22H30N4O4/c1-15(26-18-9-5-6-10-19(18)30-22(26)29)20(27)25-13-11-17(12-14-25)24-21(28)23-16-7-3-2-4-8-16/h5-6,9-10,15-17H,2-4,7-8,11-14H2,1H3,(H2,23,24,28). The molecule has 0 spiro atoms. The van der Waals surface area contributed by atoms with Gasteiger partial charge in [-0.05, 0) is 44.7 Å². The molecule has 2 heterocycles. The summed E-state index contributed by atoms with van der Waals surface area (Å²) in [4.78, 5) is 39.3. The molecular weight excluding hydrogens is 384 g/mol. The average Bonchev–Trinajstić information content (AvgIpc) is 3.09. The molecule has 3 amide bonds. The van der Waals surface area contributed by atoms with Crippen LogP contribution < -0.4 is 16.4 Å². The first kappa shape index (κ1) is 20.5. The highest BCUT2D eigenvalue weighted by Gasteiger charge is 2.29. The molecule has 2 aromatic rings. The van der Waals surface area contributed by atoms with Gasteiger partial charge < -0.3 is 20.0 Å². The SMILES string of the molecule is CC(C(=O)N1CCC(NC(=O)NC2CCCCC2)CC1)n1c(=O)oc2ccccc21. The van der Waals surface area contributed by atoms with Crippen LogP contribution in [0.1, 0.15) is 57.9 Å². The first-order valence-corrected chi connectivity index (χ1v) is 11.0. The first-order valence-electron chi connectivity index (χ1n) is 11.0. The van der Waals surface area contributed by atoms with Gasteiger partial charge in [-0.1, -0.05) is 31.4 Å². The quantitative estimate of drug-likeness (QED) is 0.804. The molecule has 1 aromatic heterocycles. The summed E-state index contributed by atoms with van der Waals surface area (Å²) in [6.45, 7) is 2.85. The van der Waals surface area contributed by atoms with E-state index in [1.807, 2.05) is 6.07 Å². The summed E-state index contributed by atoms with van der Waals surface area (Å²) in [5, 5.41) is 6.14. The molecule has 8 nitrogen and oxygen atoms in total. The summed E-state index contributed by atoms with van der Waals surface area (Å²) in [5.41, 5.74) is 1.10. The minimum atomic E-state index is -0.639. The van der Waals surface area contributed by atoms with Gasteiger partial charge in [-0.2, -0.15) is 0 Å². The Morgan fingerprint density at radius 1 is 1.00 bits per heavy atom. The van der Waals surface area contributed by atoms with Crippen LogP contribution in [0.5, 0.6) is 0 Å². The topological polar surface area (TPSA) is 96.6 Å². The smallest absolute Gasteiger partial charge is 0.408 e. The summed E-state index contributed by atoms with van der Waals surface area (Å²) in [5.74, 6) is -0.623. The molecule has 1 aliphatic heterocycles. The third-order valence-corrected chi connectivity index (χ3v) is 6.35. The second-order valence-electron chi connectivity index (χ2n) is 8.43. The highest BCUT2D eigenvalue weighted by molar-refractivity contribution is 5.83. The number of piperidine rings is 1. The van der Waals surface area contributed by atoms with Gasteiger partial charge in [-0.15, -0.1) is 0 Å². The van der Waals surface area contributed by atoms with Crippen molar-refractivity contribution in [3.8, 4) is 0 Å². The zero-order valence-corrected chi connectivity index (χ0v) is 17.4. The predicted octanol–water partition coefficient (Wildman–Crippen LogP) is 2.78. The van der Waals surface area contributed by atoms with Crippen molar-refractivity contribution in [3.05, 3.63) is 34.8 Å². The summed E-state index contributed by atoms with van der Waals surface area (Å²) >= 11 is 0. The molecule has 1 aliphatic carbocycles. The molecule has 162 valence electrons.